The summed E-state index contributed by atoms with van der Waals surface area (Å²) in [5, 5.41) is 3.50. The highest BCUT2D eigenvalue weighted by molar-refractivity contribution is 14.0. The first-order chi connectivity index (χ1) is 13.3. The second-order valence-electron chi connectivity index (χ2n) is 7.79. The summed E-state index contributed by atoms with van der Waals surface area (Å²) in [6, 6.07) is 8.41. The normalized spacial score (nSPS) is 28.3. The predicted molar refractivity (Wildman–Crippen MR) is 120 cm³/mol. The lowest BCUT2D eigenvalue weighted by atomic mass is 9.82. The quantitative estimate of drug-likeness (QED) is 0.404. The van der Waals surface area contributed by atoms with E-state index >= 15 is 0 Å². The first kappa shape index (κ1) is 19.7. The van der Waals surface area contributed by atoms with Crippen LogP contribution in [0, 0.1) is 11.8 Å². The van der Waals surface area contributed by atoms with E-state index < -0.39 is 0 Å². The average Bonchev–Trinajstić information content (AvgIpc) is 3.47. The van der Waals surface area contributed by atoms with Gasteiger partial charge in [-0.1, -0.05) is 18.2 Å². The molecule has 1 aromatic carbocycles. The lowest BCUT2D eigenvalue weighted by Gasteiger charge is -2.23. The molecule has 0 radical (unpaired) electrons. The number of imidazole rings is 1. The molecule has 0 aliphatic carbocycles. The molecule has 150 valence electrons. The molecule has 6 nitrogen and oxygen atoms in total. The van der Waals surface area contributed by atoms with E-state index in [1.165, 1.54) is 18.4 Å². The molecule has 3 aliphatic rings. The molecule has 2 aromatic rings. The van der Waals surface area contributed by atoms with Gasteiger partial charge in [-0.3, -0.25) is 0 Å². The van der Waals surface area contributed by atoms with Crippen molar-refractivity contribution in [2.45, 2.75) is 38.5 Å². The van der Waals surface area contributed by atoms with E-state index in [0.29, 0.717) is 30.6 Å². The van der Waals surface area contributed by atoms with Crippen molar-refractivity contribution in [3.8, 4) is 5.69 Å². The summed E-state index contributed by atoms with van der Waals surface area (Å²) in [6.45, 7) is 5.82. The van der Waals surface area contributed by atoms with Crippen LogP contribution < -0.4 is 5.32 Å². The van der Waals surface area contributed by atoms with Gasteiger partial charge < -0.3 is 19.5 Å². The molecule has 0 saturated carbocycles. The average molecular weight is 493 g/mol. The first-order valence-electron chi connectivity index (χ1n) is 10.1. The van der Waals surface area contributed by atoms with Crippen LogP contribution in [0.3, 0.4) is 0 Å². The van der Waals surface area contributed by atoms with Crippen LogP contribution in [-0.2, 0) is 11.3 Å². The highest BCUT2D eigenvalue weighted by Crippen LogP contribution is 2.47. The summed E-state index contributed by atoms with van der Waals surface area (Å²) in [7, 11) is 0. The summed E-state index contributed by atoms with van der Waals surface area (Å²) >= 11 is 0. The van der Waals surface area contributed by atoms with Crippen LogP contribution in [0.5, 0.6) is 0 Å². The number of halogens is 1. The van der Waals surface area contributed by atoms with Crippen molar-refractivity contribution < 1.29 is 4.74 Å². The van der Waals surface area contributed by atoms with E-state index in [1.54, 1.807) is 0 Å². The number of nitrogens with zero attached hydrogens (tertiary/aromatic N) is 4. The fraction of sp³-hybridized carbons (Fsp3) is 0.524. The highest BCUT2D eigenvalue weighted by Gasteiger charge is 2.53. The van der Waals surface area contributed by atoms with Crippen LogP contribution in [0.2, 0.25) is 0 Å². The van der Waals surface area contributed by atoms with Crippen molar-refractivity contribution in [3.05, 3.63) is 48.5 Å². The molecule has 0 spiro atoms. The van der Waals surface area contributed by atoms with E-state index in [2.05, 4.69) is 46.4 Å². The Balaban J connectivity index is 0.00000192. The van der Waals surface area contributed by atoms with Crippen LogP contribution in [0.15, 0.2) is 48.0 Å². The molecule has 0 amide bonds. The van der Waals surface area contributed by atoms with E-state index in [-0.39, 0.29) is 24.0 Å². The fourth-order valence-electron chi connectivity index (χ4n) is 5.02. The standard InChI is InChI=1S/C21H27N5O.HI/c1-2-23-21(26-12-16-17(13-26)20-8-7-19(16)27-20)24-11-15-5-3-4-6-18(15)25-10-9-22-14-25;/h3-6,9-10,14,16-17,19-20H,2,7-8,11-13H2,1H3,(H,23,24);1H. The maximum atomic E-state index is 6.12. The van der Waals surface area contributed by atoms with Gasteiger partial charge in [0.05, 0.1) is 30.8 Å². The minimum atomic E-state index is 0. The molecule has 28 heavy (non-hydrogen) atoms. The second-order valence-corrected chi connectivity index (χ2v) is 7.79. The monoisotopic (exact) mass is 493 g/mol. The Hall–Kier alpha value is -1.61. The summed E-state index contributed by atoms with van der Waals surface area (Å²) < 4.78 is 8.17. The van der Waals surface area contributed by atoms with Gasteiger partial charge in [0, 0.05) is 43.9 Å². The maximum Gasteiger partial charge on any atom is 0.194 e. The summed E-state index contributed by atoms with van der Waals surface area (Å²) in [4.78, 5) is 11.6. The van der Waals surface area contributed by atoms with E-state index in [9.17, 15) is 0 Å². The van der Waals surface area contributed by atoms with Crippen molar-refractivity contribution in [3.63, 3.8) is 0 Å². The van der Waals surface area contributed by atoms with Crippen LogP contribution in [0.4, 0.5) is 0 Å². The molecule has 7 heteroatoms. The minimum Gasteiger partial charge on any atom is -0.374 e. The van der Waals surface area contributed by atoms with Crippen molar-refractivity contribution in [2.75, 3.05) is 19.6 Å². The zero-order chi connectivity index (χ0) is 18.2. The minimum absolute atomic E-state index is 0. The zero-order valence-corrected chi connectivity index (χ0v) is 18.5. The molecule has 3 fully saturated rings. The van der Waals surface area contributed by atoms with Gasteiger partial charge in [-0.15, -0.1) is 24.0 Å². The number of rotatable bonds is 4. The van der Waals surface area contributed by atoms with Gasteiger partial charge in [0.15, 0.2) is 5.96 Å². The molecule has 1 N–H and O–H groups in total. The molecule has 4 unspecified atom stereocenters. The summed E-state index contributed by atoms with van der Waals surface area (Å²) in [6.07, 6.45) is 9.07. The third-order valence-electron chi connectivity index (χ3n) is 6.26. The van der Waals surface area contributed by atoms with E-state index in [1.807, 2.05) is 23.3 Å². The van der Waals surface area contributed by atoms with Crippen molar-refractivity contribution in [1.82, 2.24) is 19.8 Å². The molecule has 2 bridgehead atoms. The number of aliphatic imine (C=N–C) groups is 1. The third-order valence-corrected chi connectivity index (χ3v) is 6.26. The SMILES string of the molecule is CCNC(=NCc1ccccc1-n1ccnc1)N1CC2C3CCC(O3)C2C1.I. The molecule has 4 heterocycles. The number of aromatic nitrogens is 2. The number of benzene rings is 1. The topological polar surface area (TPSA) is 54.7 Å². The van der Waals surface area contributed by atoms with Gasteiger partial charge in [-0.2, -0.15) is 0 Å². The van der Waals surface area contributed by atoms with Crippen molar-refractivity contribution in [2.24, 2.45) is 16.8 Å². The van der Waals surface area contributed by atoms with Crippen LogP contribution >= 0.6 is 24.0 Å². The number of likely N-dealkylation sites (tertiary alicyclic amines) is 1. The van der Waals surface area contributed by atoms with Gasteiger partial charge in [-0.05, 0) is 31.4 Å². The molecule has 5 rings (SSSR count). The lowest BCUT2D eigenvalue weighted by Crippen LogP contribution is -2.41. The van der Waals surface area contributed by atoms with Gasteiger partial charge in [-0.25, -0.2) is 9.98 Å². The third kappa shape index (κ3) is 3.54. The number of ether oxygens (including phenoxy) is 1. The Morgan fingerprint density at radius 3 is 2.64 bits per heavy atom. The lowest BCUT2D eigenvalue weighted by molar-refractivity contribution is 0.0767. The number of fused-ring (bicyclic) bond motifs is 5. The Labute approximate surface area is 183 Å². The molecule has 3 aliphatic heterocycles. The van der Waals surface area contributed by atoms with Crippen LogP contribution in [0.25, 0.3) is 5.69 Å². The highest BCUT2D eigenvalue weighted by atomic mass is 127. The zero-order valence-electron chi connectivity index (χ0n) is 16.2. The van der Waals surface area contributed by atoms with Crippen molar-refractivity contribution >= 4 is 29.9 Å². The van der Waals surface area contributed by atoms with Crippen LogP contribution in [0.1, 0.15) is 25.3 Å². The molecule has 3 saturated heterocycles. The van der Waals surface area contributed by atoms with Crippen molar-refractivity contribution in [1.29, 1.82) is 0 Å². The second kappa shape index (κ2) is 8.41. The fourth-order valence-corrected chi connectivity index (χ4v) is 5.02. The molecule has 4 atom stereocenters. The predicted octanol–water partition coefficient (Wildman–Crippen LogP) is 3.07. The number of guanidine groups is 1. The molecular formula is C21H28IN5O. The Bertz CT molecular complexity index is 806. The van der Waals surface area contributed by atoms with E-state index in [0.717, 1.165) is 31.3 Å². The number of nitrogens with one attached hydrogen (secondary N) is 1. The first-order valence-corrected chi connectivity index (χ1v) is 10.1. The number of para-hydroxylation sites is 1. The largest absolute Gasteiger partial charge is 0.374 e. The number of hydrogen-bond acceptors (Lipinski definition) is 3. The molecule has 1 aromatic heterocycles. The Kier molecular flexibility index (Phi) is 5.91. The smallest absolute Gasteiger partial charge is 0.194 e. The van der Waals surface area contributed by atoms with Gasteiger partial charge in [0.25, 0.3) is 0 Å². The van der Waals surface area contributed by atoms with E-state index in [4.69, 9.17) is 9.73 Å². The Morgan fingerprint density at radius 1 is 1.21 bits per heavy atom. The molecular weight excluding hydrogens is 465 g/mol. The summed E-state index contributed by atoms with van der Waals surface area (Å²) in [5.74, 6) is 2.41. The number of hydrogen-bond donors (Lipinski definition) is 1. The van der Waals surface area contributed by atoms with Gasteiger partial charge >= 0.3 is 0 Å². The Morgan fingerprint density at radius 2 is 1.96 bits per heavy atom. The summed E-state index contributed by atoms with van der Waals surface area (Å²) in [5.41, 5.74) is 2.34. The maximum absolute atomic E-state index is 6.12. The van der Waals surface area contributed by atoms with Gasteiger partial charge in [0.1, 0.15) is 0 Å². The van der Waals surface area contributed by atoms with Crippen LogP contribution in [-0.4, -0.2) is 52.3 Å². The van der Waals surface area contributed by atoms with Gasteiger partial charge in [0.2, 0.25) is 0 Å².